The van der Waals surface area contributed by atoms with Crippen molar-refractivity contribution in [2.24, 2.45) is 5.92 Å². The van der Waals surface area contributed by atoms with Crippen LogP contribution in [0.3, 0.4) is 0 Å². The maximum absolute atomic E-state index is 3.77. The fourth-order valence-corrected chi connectivity index (χ4v) is 1.72. The molecule has 0 saturated heterocycles. The second-order valence-corrected chi connectivity index (χ2v) is 3.61. The molecular weight excluding hydrogens is 156 g/mol. The Morgan fingerprint density at radius 1 is 1.54 bits per heavy atom. The number of rotatable bonds is 6. The molecule has 0 heteroatoms. The average Bonchev–Trinajstić information content (AvgIpc) is 2.54. The first kappa shape index (κ1) is 10.3. The summed E-state index contributed by atoms with van der Waals surface area (Å²) in [5, 5.41) is 0. The summed E-state index contributed by atoms with van der Waals surface area (Å²) in [4.78, 5) is 0. The molecule has 1 aliphatic rings. The Balaban J connectivity index is 2.29. The summed E-state index contributed by atoms with van der Waals surface area (Å²) >= 11 is 0. The summed E-state index contributed by atoms with van der Waals surface area (Å²) in [5.74, 6) is 0.536. The molecule has 0 bridgehead atoms. The Morgan fingerprint density at radius 2 is 2.38 bits per heavy atom. The van der Waals surface area contributed by atoms with Gasteiger partial charge in [0.05, 0.1) is 0 Å². The van der Waals surface area contributed by atoms with Crippen LogP contribution in [0.5, 0.6) is 0 Å². The molecule has 1 unspecified atom stereocenters. The lowest BCUT2D eigenvalue weighted by atomic mass is 9.94. The minimum absolute atomic E-state index is 0.536. The van der Waals surface area contributed by atoms with Gasteiger partial charge in [-0.25, -0.2) is 0 Å². The van der Waals surface area contributed by atoms with E-state index in [0.29, 0.717) is 5.92 Å². The molecule has 1 radical (unpaired) electrons. The molecule has 13 heavy (non-hydrogen) atoms. The number of hydrogen-bond acceptors (Lipinski definition) is 0. The van der Waals surface area contributed by atoms with Gasteiger partial charge >= 0.3 is 0 Å². The quantitative estimate of drug-likeness (QED) is 0.422. The highest BCUT2D eigenvalue weighted by Crippen LogP contribution is 2.26. The van der Waals surface area contributed by atoms with E-state index < -0.39 is 0 Å². The van der Waals surface area contributed by atoms with Gasteiger partial charge in [0, 0.05) is 5.92 Å². The minimum atomic E-state index is 0.536. The van der Waals surface area contributed by atoms with Crippen molar-refractivity contribution in [3.8, 4) is 0 Å². The molecule has 0 aromatic heterocycles. The van der Waals surface area contributed by atoms with Crippen LogP contribution >= 0.6 is 0 Å². The zero-order valence-corrected chi connectivity index (χ0v) is 8.55. The van der Waals surface area contributed by atoms with Crippen LogP contribution in [-0.4, -0.2) is 0 Å². The standard InChI is InChI=1S/C13H19/c1-3-5-6-9-13-11-7-10-12(13)8-4-2/h4,7,11-12H,2-3,5-6,8-9H2,1H3. The topological polar surface area (TPSA) is 0 Å². The lowest BCUT2D eigenvalue weighted by Gasteiger charge is -2.10. The van der Waals surface area contributed by atoms with E-state index in [1.165, 1.54) is 25.7 Å². The van der Waals surface area contributed by atoms with Crippen LogP contribution in [0.25, 0.3) is 0 Å². The van der Waals surface area contributed by atoms with E-state index in [2.05, 4.69) is 31.7 Å². The molecule has 0 aliphatic heterocycles. The van der Waals surface area contributed by atoms with Gasteiger partial charge in [-0.1, -0.05) is 43.6 Å². The molecule has 71 valence electrons. The van der Waals surface area contributed by atoms with Crippen molar-refractivity contribution in [1.82, 2.24) is 0 Å². The van der Waals surface area contributed by atoms with Crippen LogP contribution < -0.4 is 0 Å². The molecule has 1 aliphatic carbocycles. The number of allylic oxidation sites excluding steroid dienone is 5. The molecule has 0 saturated carbocycles. The Morgan fingerprint density at radius 3 is 3.08 bits per heavy atom. The van der Waals surface area contributed by atoms with Crippen molar-refractivity contribution < 1.29 is 0 Å². The van der Waals surface area contributed by atoms with Gasteiger partial charge in [-0.15, -0.1) is 6.58 Å². The monoisotopic (exact) mass is 175 g/mol. The molecule has 0 heterocycles. The third-order valence-corrected chi connectivity index (χ3v) is 2.51. The van der Waals surface area contributed by atoms with Crippen LogP contribution in [0.2, 0.25) is 0 Å². The Kier molecular flexibility index (Phi) is 4.59. The highest BCUT2D eigenvalue weighted by Gasteiger charge is 2.12. The zero-order chi connectivity index (χ0) is 9.52. The lowest BCUT2D eigenvalue weighted by molar-refractivity contribution is 0.653. The van der Waals surface area contributed by atoms with Gasteiger partial charge in [0.15, 0.2) is 0 Å². The van der Waals surface area contributed by atoms with Crippen LogP contribution in [0.15, 0.2) is 30.4 Å². The van der Waals surface area contributed by atoms with Crippen molar-refractivity contribution >= 4 is 0 Å². The Hall–Kier alpha value is -0.780. The molecule has 1 atom stereocenters. The summed E-state index contributed by atoms with van der Waals surface area (Å²) in [6, 6.07) is 0. The molecule has 0 fully saturated rings. The predicted octanol–water partition coefficient (Wildman–Crippen LogP) is 4.06. The van der Waals surface area contributed by atoms with E-state index in [-0.39, 0.29) is 0 Å². The third-order valence-electron chi connectivity index (χ3n) is 2.51. The molecule has 0 aromatic rings. The summed E-state index contributed by atoms with van der Waals surface area (Å²) in [5.41, 5.74) is 1.55. The van der Waals surface area contributed by atoms with Gasteiger partial charge in [-0.2, -0.15) is 0 Å². The molecule has 1 rings (SSSR count). The normalized spacial score (nSPS) is 20.4. The summed E-state index contributed by atoms with van der Waals surface area (Å²) in [6.45, 7) is 6.02. The largest absolute Gasteiger partial charge is 0.103 e. The first-order valence-electron chi connectivity index (χ1n) is 5.27. The fourth-order valence-electron chi connectivity index (χ4n) is 1.72. The smallest absolute Gasteiger partial charge is 0.00886 e. The molecule has 0 spiro atoms. The third kappa shape index (κ3) is 3.22. The molecule has 0 nitrogen and oxygen atoms in total. The van der Waals surface area contributed by atoms with Crippen LogP contribution in [0, 0.1) is 12.0 Å². The summed E-state index contributed by atoms with van der Waals surface area (Å²) in [6.07, 6.45) is 15.9. The number of hydrogen-bond donors (Lipinski definition) is 0. The van der Waals surface area contributed by atoms with Crippen LogP contribution in [0.1, 0.15) is 39.0 Å². The van der Waals surface area contributed by atoms with E-state index >= 15 is 0 Å². The van der Waals surface area contributed by atoms with Crippen molar-refractivity contribution in [3.05, 3.63) is 36.5 Å². The highest BCUT2D eigenvalue weighted by atomic mass is 14.2. The average molecular weight is 175 g/mol. The van der Waals surface area contributed by atoms with Gasteiger partial charge in [0.2, 0.25) is 0 Å². The zero-order valence-electron chi connectivity index (χ0n) is 8.55. The highest BCUT2D eigenvalue weighted by molar-refractivity contribution is 5.24. The molecule has 0 amide bonds. The first-order chi connectivity index (χ1) is 6.38. The van der Waals surface area contributed by atoms with Gasteiger partial charge in [-0.3, -0.25) is 0 Å². The molecule has 0 aromatic carbocycles. The predicted molar refractivity (Wildman–Crippen MR) is 58.3 cm³/mol. The van der Waals surface area contributed by atoms with E-state index in [1.807, 2.05) is 6.08 Å². The van der Waals surface area contributed by atoms with Gasteiger partial charge in [0.1, 0.15) is 0 Å². The van der Waals surface area contributed by atoms with Crippen molar-refractivity contribution in [2.45, 2.75) is 39.0 Å². The van der Waals surface area contributed by atoms with Gasteiger partial charge in [-0.05, 0) is 25.3 Å². The number of unbranched alkanes of at least 4 members (excludes halogenated alkanes) is 2. The SMILES string of the molecule is C=CCC1[C]=CC=C1CCCCC. The Bertz CT molecular complexity index is 208. The summed E-state index contributed by atoms with van der Waals surface area (Å²) in [7, 11) is 0. The van der Waals surface area contributed by atoms with Crippen LogP contribution in [-0.2, 0) is 0 Å². The molecular formula is C13H19. The van der Waals surface area contributed by atoms with Crippen molar-refractivity contribution in [3.63, 3.8) is 0 Å². The van der Waals surface area contributed by atoms with E-state index in [1.54, 1.807) is 5.57 Å². The maximum atomic E-state index is 3.77. The van der Waals surface area contributed by atoms with E-state index in [4.69, 9.17) is 0 Å². The first-order valence-corrected chi connectivity index (χ1v) is 5.27. The van der Waals surface area contributed by atoms with Crippen LogP contribution in [0.4, 0.5) is 0 Å². The van der Waals surface area contributed by atoms with Gasteiger partial charge in [0.25, 0.3) is 0 Å². The minimum Gasteiger partial charge on any atom is -0.103 e. The van der Waals surface area contributed by atoms with E-state index in [9.17, 15) is 0 Å². The fraction of sp³-hybridized carbons (Fsp3) is 0.538. The summed E-state index contributed by atoms with van der Waals surface area (Å²) < 4.78 is 0. The van der Waals surface area contributed by atoms with Gasteiger partial charge < -0.3 is 0 Å². The van der Waals surface area contributed by atoms with Crippen molar-refractivity contribution in [2.75, 3.05) is 0 Å². The molecule has 0 N–H and O–H groups in total. The second kappa shape index (κ2) is 5.80. The second-order valence-electron chi connectivity index (χ2n) is 3.61. The lowest BCUT2D eigenvalue weighted by Crippen LogP contribution is -1.97. The maximum Gasteiger partial charge on any atom is 0.00886 e. The Labute approximate surface area is 82.0 Å². The van der Waals surface area contributed by atoms with E-state index in [0.717, 1.165) is 6.42 Å². The van der Waals surface area contributed by atoms with Crippen molar-refractivity contribution in [1.29, 1.82) is 0 Å².